The SMILES string of the molecule is CCNC(c1scnc1C)c1c(C)cc(C)cc1F. The van der Waals surface area contributed by atoms with Gasteiger partial charge < -0.3 is 5.32 Å². The first-order valence-corrected chi connectivity index (χ1v) is 7.32. The Morgan fingerprint density at radius 3 is 2.58 bits per heavy atom. The highest BCUT2D eigenvalue weighted by Gasteiger charge is 2.22. The van der Waals surface area contributed by atoms with Crippen molar-refractivity contribution in [2.75, 3.05) is 6.54 Å². The molecule has 2 rings (SSSR count). The molecule has 0 amide bonds. The lowest BCUT2D eigenvalue weighted by Crippen LogP contribution is -2.24. The number of thiazole rings is 1. The van der Waals surface area contributed by atoms with Gasteiger partial charge in [-0.2, -0.15) is 0 Å². The number of nitrogens with zero attached hydrogens (tertiary/aromatic N) is 1. The molecule has 19 heavy (non-hydrogen) atoms. The molecule has 1 aromatic carbocycles. The molecule has 0 bridgehead atoms. The molecule has 1 unspecified atom stereocenters. The summed E-state index contributed by atoms with van der Waals surface area (Å²) in [5.74, 6) is -0.142. The highest BCUT2D eigenvalue weighted by Crippen LogP contribution is 2.32. The molecule has 4 heteroatoms. The molecule has 0 aliphatic heterocycles. The zero-order valence-electron chi connectivity index (χ0n) is 11.7. The fourth-order valence-electron chi connectivity index (χ4n) is 2.41. The molecule has 1 heterocycles. The van der Waals surface area contributed by atoms with Gasteiger partial charge in [-0.1, -0.05) is 13.0 Å². The molecule has 0 saturated carbocycles. The molecule has 1 aromatic heterocycles. The average Bonchev–Trinajstić information content (AvgIpc) is 2.73. The summed E-state index contributed by atoms with van der Waals surface area (Å²) in [4.78, 5) is 5.37. The van der Waals surface area contributed by atoms with Crippen LogP contribution in [0.2, 0.25) is 0 Å². The van der Waals surface area contributed by atoms with Crippen LogP contribution < -0.4 is 5.32 Å². The van der Waals surface area contributed by atoms with Gasteiger partial charge in [-0.05, 0) is 44.5 Å². The van der Waals surface area contributed by atoms with E-state index in [0.717, 1.165) is 33.8 Å². The molecule has 0 spiro atoms. The van der Waals surface area contributed by atoms with Crippen LogP contribution in [-0.4, -0.2) is 11.5 Å². The number of hydrogen-bond donors (Lipinski definition) is 1. The van der Waals surface area contributed by atoms with Crippen LogP contribution in [0.4, 0.5) is 4.39 Å². The van der Waals surface area contributed by atoms with Crippen molar-refractivity contribution in [3.05, 3.63) is 50.7 Å². The predicted octanol–water partition coefficient (Wildman–Crippen LogP) is 3.91. The molecule has 102 valence electrons. The maximum absolute atomic E-state index is 14.4. The highest BCUT2D eigenvalue weighted by atomic mass is 32.1. The molecular weight excluding hydrogens is 259 g/mol. The van der Waals surface area contributed by atoms with Crippen LogP contribution in [0, 0.1) is 26.6 Å². The summed E-state index contributed by atoms with van der Waals surface area (Å²) in [5.41, 5.74) is 5.46. The summed E-state index contributed by atoms with van der Waals surface area (Å²) < 4.78 is 14.4. The number of aryl methyl sites for hydroxylation is 3. The van der Waals surface area contributed by atoms with Gasteiger partial charge in [-0.3, -0.25) is 0 Å². The average molecular weight is 278 g/mol. The summed E-state index contributed by atoms with van der Waals surface area (Å²) in [7, 11) is 0. The smallest absolute Gasteiger partial charge is 0.128 e. The predicted molar refractivity (Wildman–Crippen MR) is 78.2 cm³/mol. The number of nitrogens with one attached hydrogen (secondary N) is 1. The van der Waals surface area contributed by atoms with Crippen LogP contribution in [0.25, 0.3) is 0 Å². The topological polar surface area (TPSA) is 24.9 Å². The van der Waals surface area contributed by atoms with Crippen LogP contribution in [0.1, 0.15) is 40.2 Å². The van der Waals surface area contributed by atoms with E-state index in [1.165, 1.54) is 0 Å². The van der Waals surface area contributed by atoms with Gasteiger partial charge in [0.25, 0.3) is 0 Å². The third-order valence-electron chi connectivity index (χ3n) is 3.22. The van der Waals surface area contributed by atoms with Gasteiger partial charge in [0, 0.05) is 10.4 Å². The first-order chi connectivity index (χ1) is 9.04. The van der Waals surface area contributed by atoms with Crippen molar-refractivity contribution in [1.29, 1.82) is 0 Å². The molecule has 0 aliphatic rings. The molecule has 0 saturated heterocycles. The van der Waals surface area contributed by atoms with Gasteiger partial charge in [0.05, 0.1) is 17.2 Å². The summed E-state index contributed by atoms with van der Waals surface area (Å²) in [6, 6.07) is 3.51. The van der Waals surface area contributed by atoms with E-state index >= 15 is 0 Å². The van der Waals surface area contributed by atoms with E-state index in [1.54, 1.807) is 17.4 Å². The molecule has 2 aromatic rings. The molecule has 1 N–H and O–H groups in total. The maximum atomic E-state index is 14.4. The fraction of sp³-hybridized carbons (Fsp3) is 0.400. The number of aromatic nitrogens is 1. The van der Waals surface area contributed by atoms with Crippen molar-refractivity contribution in [3.63, 3.8) is 0 Å². The Balaban J connectivity index is 2.54. The first-order valence-electron chi connectivity index (χ1n) is 6.44. The Labute approximate surface area is 117 Å². The van der Waals surface area contributed by atoms with E-state index in [0.29, 0.717) is 0 Å². The zero-order valence-corrected chi connectivity index (χ0v) is 12.6. The molecule has 0 aliphatic carbocycles. The van der Waals surface area contributed by atoms with Crippen LogP contribution in [0.3, 0.4) is 0 Å². The minimum atomic E-state index is -0.142. The number of rotatable bonds is 4. The van der Waals surface area contributed by atoms with Crippen molar-refractivity contribution in [1.82, 2.24) is 10.3 Å². The van der Waals surface area contributed by atoms with Gasteiger partial charge in [0.15, 0.2) is 0 Å². The van der Waals surface area contributed by atoms with E-state index in [2.05, 4.69) is 10.3 Å². The Morgan fingerprint density at radius 2 is 2.05 bits per heavy atom. The molecule has 2 nitrogen and oxygen atoms in total. The largest absolute Gasteiger partial charge is 0.306 e. The van der Waals surface area contributed by atoms with Gasteiger partial charge in [0.2, 0.25) is 0 Å². The third-order valence-corrected chi connectivity index (χ3v) is 4.22. The fourth-order valence-corrected chi connectivity index (χ4v) is 3.30. The molecule has 1 atom stereocenters. The number of hydrogen-bond acceptors (Lipinski definition) is 3. The van der Waals surface area contributed by atoms with Crippen LogP contribution in [-0.2, 0) is 0 Å². The second-order valence-corrected chi connectivity index (χ2v) is 5.66. The van der Waals surface area contributed by atoms with Crippen LogP contribution in [0.5, 0.6) is 0 Å². The zero-order chi connectivity index (χ0) is 14.0. The van der Waals surface area contributed by atoms with Gasteiger partial charge in [-0.15, -0.1) is 11.3 Å². The van der Waals surface area contributed by atoms with Gasteiger partial charge in [-0.25, -0.2) is 9.37 Å². The van der Waals surface area contributed by atoms with Crippen molar-refractivity contribution in [2.45, 2.75) is 33.7 Å². The molecular formula is C15H19FN2S. The lowest BCUT2D eigenvalue weighted by Gasteiger charge is -2.21. The summed E-state index contributed by atoms with van der Waals surface area (Å²) in [5, 5.41) is 3.37. The molecule has 0 radical (unpaired) electrons. The quantitative estimate of drug-likeness (QED) is 0.917. The van der Waals surface area contributed by atoms with E-state index in [4.69, 9.17) is 0 Å². The van der Waals surface area contributed by atoms with Crippen molar-refractivity contribution < 1.29 is 4.39 Å². The number of halogens is 1. The minimum absolute atomic E-state index is 0.113. The second-order valence-electron chi connectivity index (χ2n) is 4.77. The van der Waals surface area contributed by atoms with E-state index in [1.807, 2.05) is 39.3 Å². The van der Waals surface area contributed by atoms with E-state index < -0.39 is 0 Å². The lowest BCUT2D eigenvalue weighted by molar-refractivity contribution is 0.557. The normalized spacial score (nSPS) is 12.7. The lowest BCUT2D eigenvalue weighted by atomic mass is 9.96. The Hall–Kier alpha value is -1.26. The van der Waals surface area contributed by atoms with Gasteiger partial charge >= 0.3 is 0 Å². The van der Waals surface area contributed by atoms with Gasteiger partial charge in [0.1, 0.15) is 5.82 Å². The Morgan fingerprint density at radius 1 is 1.32 bits per heavy atom. The minimum Gasteiger partial charge on any atom is -0.306 e. The van der Waals surface area contributed by atoms with Crippen LogP contribution >= 0.6 is 11.3 Å². The second kappa shape index (κ2) is 5.80. The highest BCUT2D eigenvalue weighted by molar-refractivity contribution is 7.09. The van der Waals surface area contributed by atoms with Crippen molar-refractivity contribution >= 4 is 11.3 Å². The standard InChI is InChI=1S/C15H19FN2S/c1-5-17-14(15-11(4)18-8-19-15)13-10(3)6-9(2)7-12(13)16/h6-8,14,17H,5H2,1-4H3. The van der Waals surface area contributed by atoms with Crippen molar-refractivity contribution in [2.24, 2.45) is 0 Å². The monoisotopic (exact) mass is 278 g/mol. The van der Waals surface area contributed by atoms with E-state index in [9.17, 15) is 4.39 Å². The third kappa shape index (κ3) is 2.85. The summed E-state index contributed by atoms with van der Waals surface area (Å²) in [6.45, 7) is 8.67. The van der Waals surface area contributed by atoms with Crippen molar-refractivity contribution in [3.8, 4) is 0 Å². The Kier molecular flexibility index (Phi) is 4.32. The first kappa shape index (κ1) is 14.2. The summed E-state index contributed by atoms with van der Waals surface area (Å²) in [6.07, 6.45) is 0. The Bertz CT molecular complexity index is 554. The van der Waals surface area contributed by atoms with E-state index in [-0.39, 0.29) is 11.9 Å². The molecule has 0 fully saturated rings. The maximum Gasteiger partial charge on any atom is 0.128 e. The summed E-state index contributed by atoms with van der Waals surface area (Å²) >= 11 is 1.57. The van der Waals surface area contributed by atoms with Crippen LogP contribution in [0.15, 0.2) is 17.6 Å². The number of benzene rings is 1.